The molecule has 2 heteroatoms. The van der Waals surface area contributed by atoms with Crippen LogP contribution in [0.3, 0.4) is 0 Å². The normalized spacial score (nSPS) is 21.5. The Bertz CT molecular complexity index is 395. The molecule has 1 aliphatic rings. The number of Topliss-reactive ketones (excluding diaryl/α,β-unsaturated/α-hetero) is 1. The Morgan fingerprint density at radius 3 is 2.71 bits per heavy atom. The standard InChI is InChI=1S/C15H22O2/c1-11(8-10-16)5-6-13-12(2)14(17)7-9-15(13,3)4/h5-6,8,16H,7,9-10H2,1-4H3. The van der Waals surface area contributed by atoms with Crippen LogP contribution in [0.25, 0.3) is 0 Å². The van der Waals surface area contributed by atoms with Crippen molar-refractivity contribution in [1.29, 1.82) is 0 Å². The Balaban J connectivity index is 3.04. The van der Waals surface area contributed by atoms with Crippen LogP contribution in [-0.2, 0) is 4.79 Å². The molecule has 0 aromatic carbocycles. The minimum absolute atomic E-state index is 0.0521. The molecule has 0 unspecified atom stereocenters. The highest BCUT2D eigenvalue weighted by Gasteiger charge is 2.30. The zero-order chi connectivity index (χ0) is 13.1. The molecule has 1 N–H and O–H groups in total. The quantitative estimate of drug-likeness (QED) is 0.761. The van der Waals surface area contributed by atoms with Gasteiger partial charge in [-0.3, -0.25) is 4.79 Å². The van der Waals surface area contributed by atoms with Gasteiger partial charge in [0.15, 0.2) is 5.78 Å². The van der Waals surface area contributed by atoms with Crippen LogP contribution >= 0.6 is 0 Å². The predicted molar refractivity (Wildman–Crippen MR) is 70.7 cm³/mol. The summed E-state index contributed by atoms with van der Waals surface area (Å²) in [7, 11) is 0. The second-order valence-electron chi connectivity index (χ2n) is 5.31. The van der Waals surface area contributed by atoms with Gasteiger partial charge in [0, 0.05) is 6.42 Å². The molecule has 1 aliphatic carbocycles. The van der Waals surface area contributed by atoms with E-state index < -0.39 is 0 Å². The third-order valence-corrected chi connectivity index (χ3v) is 3.45. The Kier molecular flexibility index (Phi) is 4.47. The molecule has 17 heavy (non-hydrogen) atoms. The molecule has 0 spiro atoms. The van der Waals surface area contributed by atoms with Crippen molar-refractivity contribution in [1.82, 2.24) is 0 Å². The van der Waals surface area contributed by atoms with Crippen LogP contribution in [0.5, 0.6) is 0 Å². The van der Waals surface area contributed by atoms with Crippen molar-refractivity contribution in [3.8, 4) is 0 Å². The monoisotopic (exact) mass is 234 g/mol. The molecule has 0 aromatic heterocycles. The molecule has 0 heterocycles. The molecule has 0 fully saturated rings. The summed E-state index contributed by atoms with van der Waals surface area (Å²) in [5, 5.41) is 8.79. The first-order chi connectivity index (χ1) is 7.88. The highest BCUT2D eigenvalue weighted by Crippen LogP contribution is 2.39. The van der Waals surface area contributed by atoms with Crippen LogP contribution < -0.4 is 0 Å². The second-order valence-corrected chi connectivity index (χ2v) is 5.31. The maximum Gasteiger partial charge on any atom is 0.158 e. The van der Waals surface area contributed by atoms with Crippen molar-refractivity contribution in [2.45, 2.75) is 40.5 Å². The molecule has 0 bridgehead atoms. The van der Waals surface area contributed by atoms with E-state index in [4.69, 9.17) is 5.11 Å². The van der Waals surface area contributed by atoms with E-state index in [0.29, 0.717) is 6.42 Å². The van der Waals surface area contributed by atoms with Crippen molar-refractivity contribution in [2.75, 3.05) is 6.61 Å². The molecular formula is C15H22O2. The predicted octanol–water partition coefficient (Wildman–Crippen LogP) is 3.19. The summed E-state index contributed by atoms with van der Waals surface area (Å²) in [6.45, 7) is 8.26. The number of aliphatic hydroxyl groups excluding tert-OH is 1. The van der Waals surface area contributed by atoms with Crippen LogP contribution in [0.2, 0.25) is 0 Å². The van der Waals surface area contributed by atoms with Gasteiger partial charge < -0.3 is 5.11 Å². The summed E-state index contributed by atoms with van der Waals surface area (Å²) in [6.07, 6.45) is 7.31. The molecule has 2 nitrogen and oxygen atoms in total. The Morgan fingerprint density at radius 1 is 1.47 bits per heavy atom. The van der Waals surface area contributed by atoms with Gasteiger partial charge in [0.1, 0.15) is 0 Å². The fourth-order valence-corrected chi connectivity index (χ4v) is 2.18. The van der Waals surface area contributed by atoms with Crippen molar-refractivity contribution >= 4 is 5.78 Å². The first-order valence-corrected chi connectivity index (χ1v) is 6.09. The number of hydrogen-bond acceptors (Lipinski definition) is 2. The first kappa shape index (κ1) is 13.9. The number of rotatable bonds is 3. The Labute approximate surface area is 104 Å². The summed E-state index contributed by atoms with van der Waals surface area (Å²) >= 11 is 0. The van der Waals surface area contributed by atoms with E-state index in [9.17, 15) is 4.79 Å². The van der Waals surface area contributed by atoms with Crippen molar-refractivity contribution in [2.24, 2.45) is 5.41 Å². The van der Waals surface area contributed by atoms with Crippen molar-refractivity contribution in [3.63, 3.8) is 0 Å². The van der Waals surface area contributed by atoms with Gasteiger partial charge in [-0.2, -0.15) is 0 Å². The number of aliphatic hydroxyl groups is 1. The summed E-state index contributed by atoms with van der Waals surface area (Å²) in [5.41, 5.74) is 3.09. The Morgan fingerprint density at radius 2 is 2.12 bits per heavy atom. The molecule has 0 atom stereocenters. The molecule has 0 saturated heterocycles. The molecule has 1 rings (SSSR count). The van der Waals surface area contributed by atoms with Crippen LogP contribution in [0, 0.1) is 5.41 Å². The van der Waals surface area contributed by atoms with Gasteiger partial charge in [-0.1, -0.05) is 37.6 Å². The third kappa shape index (κ3) is 3.40. The van der Waals surface area contributed by atoms with Crippen LogP contribution in [-0.4, -0.2) is 17.5 Å². The van der Waals surface area contributed by atoms with E-state index in [2.05, 4.69) is 13.8 Å². The maximum atomic E-state index is 11.7. The van der Waals surface area contributed by atoms with Crippen LogP contribution in [0.1, 0.15) is 40.5 Å². The SMILES string of the molecule is CC(C=CC1=C(C)C(=O)CCC1(C)C)=CCO. The van der Waals surface area contributed by atoms with Crippen molar-refractivity contribution in [3.05, 3.63) is 34.9 Å². The van der Waals surface area contributed by atoms with Gasteiger partial charge in [-0.05, 0) is 36.8 Å². The smallest absolute Gasteiger partial charge is 0.158 e. The minimum Gasteiger partial charge on any atom is -0.392 e. The van der Waals surface area contributed by atoms with Crippen molar-refractivity contribution < 1.29 is 9.90 Å². The first-order valence-electron chi connectivity index (χ1n) is 6.09. The fourth-order valence-electron chi connectivity index (χ4n) is 2.18. The summed E-state index contributed by atoms with van der Waals surface area (Å²) < 4.78 is 0. The van der Waals surface area contributed by atoms with Gasteiger partial charge >= 0.3 is 0 Å². The van der Waals surface area contributed by atoms with E-state index in [1.54, 1.807) is 6.08 Å². The largest absolute Gasteiger partial charge is 0.392 e. The highest BCUT2D eigenvalue weighted by atomic mass is 16.2. The van der Waals surface area contributed by atoms with E-state index in [1.165, 1.54) is 0 Å². The van der Waals surface area contributed by atoms with E-state index in [1.807, 2.05) is 26.0 Å². The summed E-state index contributed by atoms with van der Waals surface area (Å²) in [6, 6.07) is 0. The lowest BCUT2D eigenvalue weighted by Gasteiger charge is -2.32. The summed E-state index contributed by atoms with van der Waals surface area (Å²) in [4.78, 5) is 11.7. The van der Waals surface area contributed by atoms with Crippen LogP contribution in [0.4, 0.5) is 0 Å². The van der Waals surface area contributed by atoms with E-state index in [0.717, 1.165) is 23.1 Å². The Hall–Kier alpha value is -1.15. The van der Waals surface area contributed by atoms with E-state index >= 15 is 0 Å². The average Bonchev–Trinajstić information content (AvgIpc) is 2.24. The number of carbonyl (C=O) groups is 1. The highest BCUT2D eigenvalue weighted by molar-refractivity contribution is 5.97. The molecule has 0 radical (unpaired) electrons. The number of hydrogen-bond donors (Lipinski definition) is 1. The zero-order valence-electron chi connectivity index (χ0n) is 11.2. The van der Waals surface area contributed by atoms with Gasteiger partial charge in [-0.15, -0.1) is 0 Å². The summed E-state index contributed by atoms with van der Waals surface area (Å²) in [5.74, 6) is 0.257. The lowest BCUT2D eigenvalue weighted by Crippen LogP contribution is -2.24. The van der Waals surface area contributed by atoms with Gasteiger partial charge in [-0.25, -0.2) is 0 Å². The molecule has 94 valence electrons. The van der Waals surface area contributed by atoms with E-state index in [-0.39, 0.29) is 17.8 Å². The van der Waals surface area contributed by atoms with Gasteiger partial charge in [0.25, 0.3) is 0 Å². The number of ketones is 1. The molecule has 0 aliphatic heterocycles. The molecule has 0 saturated carbocycles. The minimum atomic E-state index is 0.0521. The second kappa shape index (κ2) is 5.46. The maximum absolute atomic E-state index is 11.7. The lowest BCUT2D eigenvalue weighted by molar-refractivity contribution is -0.116. The topological polar surface area (TPSA) is 37.3 Å². The van der Waals surface area contributed by atoms with Crippen LogP contribution in [0.15, 0.2) is 34.9 Å². The third-order valence-electron chi connectivity index (χ3n) is 3.45. The molecular weight excluding hydrogens is 212 g/mol. The zero-order valence-corrected chi connectivity index (χ0v) is 11.2. The average molecular weight is 234 g/mol. The number of allylic oxidation sites excluding steroid dienone is 5. The lowest BCUT2D eigenvalue weighted by atomic mass is 9.72. The fraction of sp³-hybridized carbons (Fsp3) is 0.533. The number of carbonyl (C=O) groups excluding carboxylic acids is 1. The molecule has 0 amide bonds. The van der Waals surface area contributed by atoms with Gasteiger partial charge in [0.2, 0.25) is 0 Å². The van der Waals surface area contributed by atoms with Gasteiger partial charge in [0.05, 0.1) is 6.61 Å². The molecule has 0 aromatic rings.